The summed E-state index contributed by atoms with van der Waals surface area (Å²) in [4.78, 5) is 20.7. The summed E-state index contributed by atoms with van der Waals surface area (Å²) in [6.07, 6.45) is 2.77. The molecule has 3 aromatic rings. The number of aryl methyl sites for hydroxylation is 2. The first-order valence-electron chi connectivity index (χ1n) is 10.0. The quantitative estimate of drug-likeness (QED) is 0.517. The van der Waals surface area contributed by atoms with Crippen molar-refractivity contribution in [3.8, 4) is 23.3 Å². The number of hydrogen-bond acceptors (Lipinski definition) is 7. The number of rotatable bonds is 7. The maximum atomic E-state index is 12.2. The lowest BCUT2D eigenvalue weighted by molar-refractivity contribution is -0.115. The van der Waals surface area contributed by atoms with Crippen LogP contribution >= 0.6 is 11.8 Å². The first-order valence-corrected chi connectivity index (χ1v) is 11.0. The van der Waals surface area contributed by atoms with Gasteiger partial charge in [-0.15, -0.1) is 11.8 Å². The Morgan fingerprint density at radius 2 is 1.84 bits per heavy atom. The number of benzene rings is 1. The molecule has 3 N–H and O–H groups in total. The molecule has 0 saturated heterocycles. The van der Waals surface area contributed by atoms with E-state index in [1.165, 1.54) is 11.8 Å². The molecule has 0 saturated carbocycles. The van der Waals surface area contributed by atoms with Gasteiger partial charge in [-0.2, -0.15) is 10.5 Å². The van der Waals surface area contributed by atoms with Crippen LogP contribution in [0.25, 0.3) is 11.1 Å². The van der Waals surface area contributed by atoms with Crippen LogP contribution < -0.4 is 11.1 Å². The molecule has 0 aliphatic carbocycles. The third-order valence-corrected chi connectivity index (χ3v) is 5.79. The van der Waals surface area contributed by atoms with E-state index in [9.17, 15) is 15.3 Å². The van der Waals surface area contributed by atoms with Gasteiger partial charge in [-0.3, -0.25) is 4.79 Å². The number of nitrogens with one attached hydrogen (secondary N) is 1. The molecule has 1 aromatic carbocycles. The monoisotopic (exact) mass is 442 g/mol. The Labute approximate surface area is 191 Å². The number of nitrogens with zero attached hydrogens (tertiary/aromatic N) is 4. The van der Waals surface area contributed by atoms with Gasteiger partial charge in [-0.1, -0.05) is 37.3 Å². The fourth-order valence-corrected chi connectivity index (χ4v) is 4.02. The third kappa shape index (κ3) is 5.23. The van der Waals surface area contributed by atoms with Crippen molar-refractivity contribution in [3.05, 3.63) is 64.8 Å². The van der Waals surface area contributed by atoms with E-state index in [1.807, 2.05) is 37.3 Å². The number of anilines is 2. The minimum atomic E-state index is -0.190. The highest BCUT2D eigenvalue weighted by molar-refractivity contribution is 7.99. The van der Waals surface area contributed by atoms with E-state index in [2.05, 4.69) is 34.3 Å². The van der Waals surface area contributed by atoms with Crippen LogP contribution in [0.4, 0.5) is 11.6 Å². The van der Waals surface area contributed by atoms with E-state index in [0.717, 1.165) is 23.1 Å². The summed E-state index contributed by atoms with van der Waals surface area (Å²) in [6, 6.07) is 15.6. The Kier molecular flexibility index (Phi) is 7.43. The molecule has 32 heavy (non-hydrogen) atoms. The van der Waals surface area contributed by atoms with E-state index in [4.69, 9.17) is 5.73 Å². The van der Waals surface area contributed by atoms with Crippen LogP contribution in [0.2, 0.25) is 0 Å². The van der Waals surface area contributed by atoms with Crippen LogP contribution in [0.3, 0.4) is 0 Å². The van der Waals surface area contributed by atoms with Crippen LogP contribution in [0.5, 0.6) is 0 Å². The van der Waals surface area contributed by atoms with E-state index >= 15 is 0 Å². The SMILES string of the molecule is CCc1ccc(-c2c(C#N)c(N)nc(SCCC(=O)Nc3ccc(C)cn3)c2C#N)cc1. The van der Waals surface area contributed by atoms with Crippen LogP contribution in [-0.2, 0) is 11.2 Å². The van der Waals surface area contributed by atoms with Gasteiger partial charge in [0.15, 0.2) is 0 Å². The zero-order chi connectivity index (χ0) is 23.1. The molecule has 0 unspecified atom stereocenters. The van der Waals surface area contributed by atoms with Crippen molar-refractivity contribution in [2.75, 3.05) is 16.8 Å². The average Bonchev–Trinajstić information content (AvgIpc) is 2.80. The Morgan fingerprint density at radius 3 is 2.44 bits per heavy atom. The van der Waals surface area contributed by atoms with E-state index in [1.54, 1.807) is 12.3 Å². The van der Waals surface area contributed by atoms with Crippen molar-refractivity contribution >= 4 is 29.3 Å². The summed E-state index contributed by atoms with van der Waals surface area (Å²) in [5, 5.41) is 22.6. The molecule has 0 aliphatic heterocycles. The lowest BCUT2D eigenvalue weighted by atomic mass is 9.96. The van der Waals surface area contributed by atoms with Crippen molar-refractivity contribution in [2.45, 2.75) is 31.7 Å². The summed E-state index contributed by atoms with van der Waals surface area (Å²) < 4.78 is 0. The molecule has 7 nitrogen and oxygen atoms in total. The molecule has 2 heterocycles. The number of pyridine rings is 2. The van der Waals surface area contributed by atoms with Crippen LogP contribution in [-0.4, -0.2) is 21.6 Å². The van der Waals surface area contributed by atoms with E-state index < -0.39 is 0 Å². The molecule has 0 spiro atoms. The minimum absolute atomic E-state index is 0.0666. The van der Waals surface area contributed by atoms with Crippen LogP contribution in [0, 0.1) is 29.6 Å². The molecule has 1 amide bonds. The standard InChI is InChI=1S/C24H22N6OS/c1-3-16-5-7-17(8-6-16)22-18(12-25)23(27)30-24(19(22)13-26)32-11-10-21(31)29-20-9-4-15(2)14-28-20/h4-9,14H,3,10-11H2,1-2H3,(H2,27,30)(H,28,29,31). The lowest BCUT2D eigenvalue weighted by Gasteiger charge is -2.13. The van der Waals surface area contributed by atoms with E-state index in [0.29, 0.717) is 22.2 Å². The molecule has 160 valence electrons. The zero-order valence-corrected chi connectivity index (χ0v) is 18.7. The second kappa shape index (κ2) is 10.4. The number of nitrogens with two attached hydrogens (primary N) is 1. The molecule has 0 radical (unpaired) electrons. The smallest absolute Gasteiger partial charge is 0.226 e. The summed E-state index contributed by atoms with van der Waals surface area (Å²) in [6.45, 7) is 3.98. The average molecular weight is 443 g/mol. The first kappa shape index (κ1) is 22.8. The Balaban J connectivity index is 1.81. The molecule has 0 bridgehead atoms. The molecule has 0 fully saturated rings. The highest BCUT2D eigenvalue weighted by atomic mass is 32.2. The van der Waals surface area contributed by atoms with Gasteiger partial charge in [-0.05, 0) is 36.1 Å². The zero-order valence-electron chi connectivity index (χ0n) is 17.8. The van der Waals surface area contributed by atoms with Crippen LogP contribution in [0.1, 0.15) is 35.6 Å². The largest absolute Gasteiger partial charge is 0.383 e. The number of thioether (sulfide) groups is 1. The van der Waals surface area contributed by atoms with Gasteiger partial charge in [0.25, 0.3) is 0 Å². The summed E-state index contributed by atoms with van der Waals surface area (Å²) in [5.74, 6) is 0.752. The number of carbonyl (C=O) groups excluding carboxylic acids is 1. The molecular formula is C24H22N6OS. The van der Waals surface area contributed by atoms with Gasteiger partial charge < -0.3 is 11.1 Å². The molecule has 3 rings (SSSR count). The van der Waals surface area contributed by atoms with Gasteiger partial charge in [0.2, 0.25) is 5.91 Å². The fourth-order valence-electron chi connectivity index (χ4n) is 3.09. The number of aromatic nitrogens is 2. The van der Waals surface area contributed by atoms with Crippen LogP contribution in [0.15, 0.2) is 47.6 Å². The first-order chi connectivity index (χ1) is 15.5. The Morgan fingerprint density at radius 1 is 1.12 bits per heavy atom. The van der Waals surface area contributed by atoms with Gasteiger partial charge in [0.05, 0.1) is 5.56 Å². The normalized spacial score (nSPS) is 10.2. The summed E-state index contributed by atoms with van der Waals surface area (Å²) in [5.41, 5.74) is 9.87. The maximum Gasteiger partial charge on any atom is 0.226 e. The Hall–Kier alpha value is -3.88. The second-order valence-electron chi connectivity index (χ2n) is 7.07. The molecule has 0 aliphatic rings. The molecule has 2 aromatic heterocycles. The third-order valence-electron chi connectivity index (χ3n) is 4.81. The topological polar surface area (TPSA) is 128 Å². The number of nitrogen functional groups attached to an aromatic ring is 1. The van der Waals surface area contributed by atoms with Crippen molar-refractivity contribution in [1.29, 1.82) is 10.5 Å². The van der Waals surface area contributed by atoms with Gasteiger partial charge >= 0.3 is 0 Å². The molecule has 8 heteroatoms. The van der Waals surface area contributed by atoms with Gasteiger partial charge in [0, 0.05) is 23.9 Å². The molecular weight excluding hydrogens is 420 g/mol. The minimum Gasteiger partial charge on any atom is -0.383 e. The highest BCUT2D eigenvalue weighted by Crippen LogP contribution is 2.35. The van der Waals surface area contributed by atoms with Crippen molar-refractivity contribution in [3.63, 3.8) is 0 Å². The lowest BCUT2D eigenvalue weighted by Crippen LogP contribution is -2.13. The predicted octanol–water partition coefficient (Wildman–Crippen LogP) is 4.46. The summed E-state index contributed by atoms with van der Waals surface area (Å²) in [7, 11) is 0. The predicted molar refractivity (Wildman–Crippen MR) is 126 cm³/mol. The maximum absolute atomic E-state index is 12.2. The number of hydrogen-bond donors (Lipinski definition) is 2. The molecule has 0 atom stereocenters. The van der Waals surface area contributed by atoms with E-state index in [-0.39, 0.29) is 29.3 Å². The van der Waals surface area contributed by atoms with Crippen molar-refractivity contribution in [1.82, 2.24) is 9.97 Å². The highest BCUT2D eigenvalue weighted by Gasteiger charge is 2.20. The summed E-state index contributed by atoms with van der Waals surface area (Å²) >= 11 is 1.26. The van der Waals surface area contributed by atoms with Crippen molar-refractivity contribution in [2.24, 2.45) is 0 Å². The second-order valence-corrected chi connectivity index (χ2v) is 8.15. The van der Waals surface area contributed by atoms with Crippen molar-refractivity contribution < 1.29 is 4.79 Å². The Bertz CT molecular complexity index is 1210. The van der Waals surface area contributed by atoms with Gasteiger partial charge in [0.1, 0.15) is 34.4 Å². The number of amides is 1. The number of nitriles is 2. The fraction of sp³-hybridized carbons (Fsp3) is 0.208. The number of carbonyl (C=O) groups is 1. The van der Waals surface area contributed by atoms with Gasteiger partial charge in [-0.25, -0.2) is 9.97 Å².